The van der Waals surface area contributed by atoms with Gasteiger partial charge in [0, 0.05) is 48.9 Å². The third-order valence-electron chi connectivity index (χ3n) is 5.35. The number of aliphatic hydroxyl groups is 1. The van der Waals surface area contributed by atoms with Crippen LogP contribution in [0.2, 0.25) is 0 Å². The number of benzene rings is 2. The molecule has 1 N–H and O–H groups in total. The number of methoxy groups -OCH3 is 1. The van der Waals surface area contributed by atoms with E-state index in [1.807, 2.05) is 48.1 Å². The summed E-state index contributed by atoms with van der Waals surface area (Å²) in [6.07, 6.45) is 1.92. The summed E-state index contributed by atoms with van der Waals surface area (Å²) in [5.41, 5.74) is 2.39. The van der Waals surface area contributed by atoms with E-state index < -0.39 is 17.7 Å². The Morgan fingerprint density at radius 2 is 1.76 bits per heavy atom. The normalized spacial score (nSPS) is 18.7. The van der Waals surface area contributed by atoms with Crippen LogP contribution in [0.5, 0.6) is 0 Å². The van der Waals surface area contributed by atoms with Crippen molar-refractivity contribution in [1.82, 2.24) is 9.47 Å². The van der Waals surface area contributed by atoms with Crippen LogP contribution < -0.4 is 0 Å². The molecule has 29 heavy (non-hydrogen) atoms. The number of hydrogen-bond acceptors (Lipinski definition) is 4. The predicted molar refractivity (Wildman–Crippen MR) is 110 cm³/mol. The number of aromatic nitrogens is 1. The monoisotopic (exact) mass is 390 g/mol. The van der Waals surface area contributed by atoms with Gasteiger partial charge in [0.1, 0.15) is 5.76 Å². The Balaban J connectivity index is 1.96. The first-order valence-electron chi connectivity index (χ1n) is 9.41. The number of carbonyl (C=O) groups excluding carboxylic acids is 2. The molecule has 6 nitrogen and oxygen atoms in total. The number of aliphatic hydroxyl groups excluding tert-OH is 1. The van der Waals surface area contributed by atoms with Crippen LogP contribution in [0.3, 0.4) is 0 Å². The van der Waals surface area contributed by atoms with E-state index in [2.05, 4.69) is 0 Å². The van der Waals surface area contributed by atoms with Crippen molar-refractivity contribution in [2.75, 3.05) is 20.3 Å². The Kier molecular flexibility index (Phi) is 4.94. The molecule has 0 radical (unpaired) electrons. The van der Waals surface area contributed by atoms with Gasteiger partial charge in [-0.1, -0.05) is 48.5 Å². The summed E-state index contributed by atoms with van der Waals surface area (Å²) in [5, 5.41) is 11.9. The van der Waals surface area contributed by atoms with E-state index in [1.54, 1.807) is 31.4 Å². The topological polar surface area (TPSA) is 71.8 Å². The molecule has 4 rings (SSSR count). The Morgan fingerprint density at radius 1 is 1.07 bits per heavy atom. The molecule has 148 valence electrons. The van der Waals surface area contributed by atoms with Crippen molar-refractivity contribution in [3.63, 3.8) is 0 Å². The molecule has 1 aliphatic heterocycles. The summed E-state index contributed by atoms with van der Waals surface area (Å²) in [7, 11) is 3.47. The van der Waals surface area contributed by atoms with Gasteiger partial charge < -0.3 is 19.3 Å². The van der Waals surface area contributed by atoms with Crippen LogP contribution in [0, 0.1) is 0 Å². The first kappa shape index (κ1) is 19.0. The Bertz CT molecular complexity index is 1110. The fourth-order valence-electron chi connectivity index (χ4n) is 3.97. The second-order valence-corrected chi connectivity index (χ2v) is 7.06. The Labute approximate surface area is 168 Å². The minimum Gasteiger partial charge on any atom is -0.507 e. The molecule has 0 saturated carbocycles. The zero-order valence-corrected chi connectivity index (χ0v) is 16.3. The lowest BCUT2D eigenvalue weighted by Gasteiger charge is -2.24. The molecule has 1 aliphatic rings. The van der Waals surface area contributed by atoms with Gasteiger partial charge in [0.15, 0.2) is 0 Å². The molecule has 3 aromatic rings. The smallest absolute Gasteiger partial charge is 0.295 e. The average molecular weight is 390 g/mol. The van der Waals surface area contributed by atoms with Crippen molar-refractivity contribution in [2.45, 2.75) is 6.04 Å². The number of ketones is 1. The highest BCUT2D eigenvalue weighted by atomic mass is 16.5. The molecule has 2 aromatic carbocycles. The maximum atomic E-state index is 13.0. The Hall–Kier alpha value is -3.38. The van der Waals surface area contributed by atoms with Crippen molar-refractivity contribution in [2.24, 2.45) is 7.05 Å². The van der Waals surface area contributed by atoms with Crippen molar-refractivity contribution >= 4 is 28.4 Å². The number of hydrogen-bond donors (Lipinski definition) is 1. The quantitative estimate of drug-likeness (QED) is 0.412. The van der Waals surface area contributed by atoms with Gasteiger partial charge in [-0.3, -0.25) is 9.59 Å². The lowest BCUT2D eigenvalue weighted by atomic mass is 9.95. The largest absolute Gasteiger partial charge is 0.507 e. The van der Waals surface area contributed by atoms with Crippen LogP contribution in [0.15, 0.2) is 66.4 Å². The van der Waals surface area contributed by atoms with Crippen LogP contribution in [0.4, 0.5) is 0 Å². The number of carbonyl (C=O) groups is 2. The fourth-order valence-corrected chi connectivity index (χ4v) is 3.97. The summed E-state index contributed by atoms with van der Waals surface area (Å²) in [4.78, 5) is 27.3. The van der Waals surface area contributed by atoms with E-state index in [0.29, 0.717) is 12.2 Å². The zero-order chi connectivity index (χ0) is 20.5. The van der Waals surface area contributed by atoms with E-state index in [1.165, 1.54) is 4.90 Å². The third kappa shape index (κ3) is 3.11. The zero-order valence-electron chi connectivity index (χ0n) is 16.3. The van der Waals surface area contributed by atoms with E-state index in [0.717, 1.165) is 16.5 Å². The van der Waals surface area contributed by atoms with Crippen LogP contribution in [-0.4, -0.2) is 46.5 Å². The SMILES string of the molecule is COCCN1C(=O)C(=O)/C(=C(/O)c2ccccc2)C1c1cn(C)c2ccccc12. The van der Waals surface area contributed by atoms with E-state index >= 15 is 0 Å². The third-order valence-corrected chi connectivity index (χ3v) is 5.35. The maximum absolute atomic E-state index is 13.0. The number of Topliss-reactive ketones (excluding diaryl/α,β-unsaturated/α-hetero) is 1. The number of fused-ring (bicyclic) bond motifs is 1. The molecule has 1 unspecified atom stereocenters. The molecule has 1 saturated heterocycles. The van der Waals surface area contributed by atoms with Gasteiger partial charge >= 0.3 is 0 Å². The molecule has 1 fully saturated rings. The van der Waals surface area contributed by atoms with Crippen LogP contribution >= 0.6 is 0 Å². The summed E-state index contributed by atoms with van der Waals surface area (Å²) in [5.74, 6) is -1.47. The summed E-state index contributed by atoms with van der Waals surface area (Å²) < 4.78 is 7.12. The lowest BCUT2D eigenvalue weighted by molar-refractivity contribution is -0.140. The minimum atomic E-state index is -0.684. The van der Waals surface area contributed by atoms with Gasteiger partial charge in [-0.25, -0.2) is 0 Å². The average Bonchev–Trinajstić information content (AvgIpc) is 3.21. The lowest BCUT2D eigenvalue weighted by Crippen LogP contribution is -2.32. The second kappa shape index (κ2) is 7.56. The van der Waals surface area contributed by atoms with E-state index in [9.17, 15) is 14.7 Å². The van der Waals surface area contributed by atoms with Crippen molar-refractivity contribution < 1.29 is 19.4 Å². The minimum absolute atomic E-state index is 0.105. The number of rotatable bonds is 5. The molecule has 1 amide bonds. The molecule has 1 atom stereocenters. The molecule has 6 heteroatoms. The standard InChI is InChI=1S/C23H22N2O4/c1-24-14-17(16-10-6-7-11-18(16)24)20-19(21(26)15-8-4-3-5-9-15)22(27)23(28)25(20)12-13-29-2/h3-11,14,20,26H,12-13H2,1-2H3/b21-19+. The molecule has 0 bridgehead atoms. The Morgan fingerprint density at radius 3 is 2.48 bits per heavy atom. The predicted octanol–water partition coefficient (Wildman–Crippen LogP) is 3.25. The molecular formula is C23H22N2O4. The molecule has 1 aromatic heterocycles. The van der Waals surface area contributed by atoms with E-state index in [4.69, 9.17) is 4.74 Å². The molecular weight excluding hydrogens is 368 g/mol. The highest BCUT2D eigenvalue weighted by Gasteiger charge is 2.46. The van der Waals surface area contributed by atoms with Crippen molar-refractivity contribution in [3.05, 3.63) is 77.5 Å². The number of para-hydroxylation sites is 1. The van der Waals surface area contributed by atoms with Gasteiger partial charge in [0.25, 0.3) is 11.7 Å². The van der Waals surface area contributed by atoms with E-state index in [-0.39, 0.29) is 17.9 Å². The summed E-state index contributed by atoms with van der Waals surface area (Å²) in [6, 6.07) is 16.0. The van der Waals surface area contributed by atoms with Crippen LogP contribution in [0.25, 0.3) is 16.7 Å². The molecule has 2 heterocycles. The number of aryl methyl sites for hydroxylation is 1. The summed E-state index contributed by atoms with van der Waals surface area (Å²) in [6.45, 7) is 0.542. The first-order chi connectivity index (χ1) is 14.0. The highest BCUT2D eigenvalue weighted by molar-refractivity contribution is 6.46. The van der Waals surface area contributed by atoms with Gasteiger partial charge in [-0.05, 0) is 6.07 Å². The van der Waals surface area contributed by atoms with Gasteiger partial charge in [0.05, 0.1) is 18.2 Å². The van der Waals surface area contributed by atoms with Gasteiger partial charge in [0.2, 0.25) is 0 Å². The number of nitrogens with zero attached hydrogens (tertiary/aromatic N) is 2. The highest BCUT2D eigenvalue weighted by Crippen LogP contribution is 2.42. The maximum Gasteiger partial charge on any atom is 0.295 e. The summed E-state index contributed by atoms with van der Waals surface area (Å²) >= 11 is 0. The number of likely N-dealkylation sites (tertiary alicyclic amines) is 1. The van der Waals surface area contributed by atoms with Gasteiger partial charge in [-0.15, -0.1) is 0 Å². The van der Waals surface area contributed by atoms with Crippen LogP contribution in [-0.2, 0) is 21.4 Å². The van der Waals surface area contributed by atoms with Crippen molar-refractivity contribution in [1.29, 1.82) is 0 Å². The van der Waals surface area contributed by atoms with Gasteiger partial charge in [-0.2, -0.15) is 0 Å². The first-order valence-corrected chi connectivity index (χ1v) is 9.41. The number of ether oxygens (including phenoxy) is 1. The molecule has 0 spiro atoms. The molecule has 0 aliphatic carbocycles. The van der Waals surface area contributed by atoms with Crippen LogP contribution in [0.1, 0.15) is 17.2 Å². The van der Waals surface area contributed by atoms with Crippen molar-refractivity contribution in [3.8, 4) is 0 Å². The number of amides is 1. The fraction of sp³-hybridized carbons (Fsp3) is 0.217. The second-order valence-electron chi connectivity index (χ2n) is 7.06.